The van der Waals surface area contributed by atoms with E-state index in [1.807, 2.05) is 84.3 Å². The lowest BCUT2D eigenvalue weighted by Gasteiger charge is -2.44. The maximum absolute atomic E-state index is 13.9. The zero-order chi connectivity index (χ0) is 25.9. The van der Waals surface area contributed by atoms with Crippen LogP contribution < -0.4 is 4.74 Å². The Bertz CT molecular complexity index is 1330. The molecule has 1 saturated heterocycles. The molecule has 3 heterocycles. The van der Waals surface area contributed by atoms with E-state index < -0.39 is 0 Å². The van der Waals surface area contributed by atoms with Crippen LogP contribution in [0.4, 0.5) is 0 Å². The Labute approximate surface area is 222 Å². The van der Waals surface area contributed by atoms with Gasteiger partial charge in [-0.3, -0.25) is 9.59 Å². The van der Waals surface area contributed by atoms with Gasteiger partial charge in [0.15, 0.2) is 0 Å². The van der Waals surface area contributed by atoms with Gasteiger partial charge in [0.05, 0.1) is 23.6 Å². The fraction of sp³-hybridized carbons (Fsp3) is 0.290. The second-order valence-corrected chi connectivity index (χ2v) is 10.5. The Morgan fingerprint density at radius 3 is 2.65 bits per heavy atom. The van der Waals surface area contributed by atoms with E-state index in [0.717, 1.165) is 27.3 Å². The second-order valence-electron chi connectivity index (χ2n) is 9.40. The van der Waals surface area contributed by atoms with Crippen LogP contribution in [0.3, 0.4) is 0 Å². The molecule has 2 aromatic carbocycles. The number of piperidine rings is 1. The Hall–Kier alpha value is -3.64. The number of thiophene rings is 1. The fourth-order valence-corrected chi connectivity index (χ4v) is 6.57. The molecule has 6 heteroatoms. The predicted octanol–water partition coefficient (Wildman–Crippen LogP) is 6.75. The van der Waals surface area contributed by atoms with E-state index in [4.69, 9.17) is 4.74 Å². The average Bonchev–Trinajstić information content (AvgIpc) is 3.52. The van der Waals surface area contributed by atoms with Gasteiger partial charge in [0.1, 0.15) is 5.75 Å². The summed E-state index contributed by atoms with van der Waals surface area (Å²) in [6.45, 7) is 8.97. The summed E-state index contributed by atoms with van der Waals surface area (Å²) in [4.78, 5) is 32.8. The van der Waals surface area contributed by atoms with Gasteiger partial charge >= 0.3 is 0 Å². The van der Waals surface area contributed by atoms with Gasteiger partial charge < -0.3 is 14.5 Å². The van der Waals surface area contributed by atoms with Crippen molar-refractivity contribution in [2.24, 2.45) is 0 Å². The average molecular weight is 513 g/mol. The number of allylic oxidation sites excluding steroid dienone is 1. The molecule has 5 nitrogen and oxygen atoms in total. The van der Waals surface area contributed by atoms with Crippen molar-refractivity contribution in [2.75, 3.05) is 13.2 Å². The number of rotatable bonds is 8. The highest BCUT2D eigenvalue weighted by Crippen LogP contribution is 2.44. The number of ether oxygens (including phenoxy) is 1. The largest absolute Gasteiger partial charge is 0.494 e. The molecule has 2 amide bonds. The highest BCUT2D eigenvalue weighted by molar-refractivity contribution is 7.17. The molecule has 0 aliphatic carbocycles. The first kappa shape index (κ1) is 25.0. The van der Waals surface area contributed by atoms with Crippen molar-refractivity contribution in [3.05, 3.63) is 101 Å². The van der Waals surface area contributed by atoms with Crippen LogP contribution in [0.2, 0.25) is 0 Å². The van der Waals surface area contributed by atoms with Crippen LogP contribution in [0.15, 0.2) is 85.5 Å². The third-order valence-electron chi connectivity index (χ3n) is 7.20. The molecule has 0 bridgehead atoms. The summed E-state index contributed by atoms with van der Waals surface area (Å²) in [5.74, 6) is 0.935. The summed E-state index contributed by atoms with van der Waals surface area (Å²) in [7, 11) is 0. The van der Waals surface area contributed by atoms with Crippen LogP contribution in [-0.4, -0.2) is 46.8 Å². The monoisotopic (exact) mass is 512 g/mol. The minimum atomic E-state index is -0.0588. The van der Waals surface area contributed by atoms with E-state index >= 15 is 0 Å². The number of benzene rings is 2. The molecule has 1 unspecified atom stereocenters. The third kappa shape index (κ3) is 4.74. The summed E-state index contributed by atoms with van der Waals surface area (Å²) in [5, 5.41) is 0. The van der Waals surface area contributed by atoms with Crippen LogP contribution >= 0.6 is 11.3 Å². The molecule has 1 fully saturated rings. The summed E-state index contributed by atoms with van der Waals surface area (Å²) in [6, 6.07) is 19.7. The quantitative estimate of drug-likeness (QED) is 0.314. The first-order valence-electron chi connectivity index (χ1n) is 12.8. The minimum absolute atomic E-state index is 0.0112. The van der Waals surface area contributed by atoms with E-state index in [1.54, 1.807) is 6.08 Å². The summed E-state index contributed by atoms with van der Waals surface area (Å²) in [5.41, 5.74) is 2.90. The van der Waals surface area contributed by atoms with Crippen molar-refractivity contribution in [1.29, 1.82) is 0 Å². The van der Waals surface area contributed by atoms with E-state index in [0.29, 0.717) is 30.9 Å². The van der Waals surface area contributed by atoms with Gasteiger partial charge in [-0.25, -0.2) is 0 Å². The van der Waals surface area contributed by atoms with Crippen LogP contribution in [0.1, 0.15) is 58.3 Å². The number of carbonyl (C=O) groups excluding carboxylic acids is 2. The van der Waals surface area contributed by atoms with Crippen molar-refractivity contribution in [2.45, 2.75) is 44.8 Å². The van der Waals surface area contributed by atoms with Crippen LogP contribution in [0.25, 0.3) is 10.4 Å². The Morgan fingerprint density at radius 1 is 1.14 bits per heavy atom. The molecule has 1 aromatic heterocycles. The van der Waals surface area contributed by atoms with Gasteiger partial charge in [0.2, 0.25) is 0 Å². The van der Waals surface area contributed by atoms with Crippen molar-refractivity contribution in [3.63, 3.8) is 0 Å². The number of nitrogens with zero attached hydrogens (tertiary/aromatic N) is 2. The molecule has 0 spiro atoms. The third-order valence-corrected chi connectivity index (χ3v) is 8.32. The molecule has 2 aliphatic heterocycles. The van der Waals surface area contributed by atoms with E-state index in [-0.39, 0.29) is 29.9 Å². The molecule has 5 rings (SSSR count). The topological polar surface area (TPSA) is 49.9 Å². The maximum Gasteiger partial charge on any atom is 0.264 e. The van der Waals surface area contributed by atoms with E-state index in [9.17, 15) is 9.59 Å². The first-order valence-corrected chi connectivity index (χ1v) is 13.7. The number of hydrogen-bond donors (Lipinski definition) is 0. The second kappa shape index (κ2) is 10.8. The Balaban J connectivity index is 1.41. The highest BCUT2D eigenvalue weighted by Gasteiger charge is 2.46. The summed E-state index contributed by atoms with van der Waals surface area (Å²) in [6.07, 6.45) is 7.31. The van der Waals surface area contributed by atoms with Crippen LogP contribution in [-0.2, 0) is 0 Å². The van der Waals surface area contributed by atoms with Gasteiger partial charge in [-0.05, 0) is 80.3 Å². The van der Waals surface area contributed by atoms with Gasteiger partial charge in [-0.2, -0.15) is 0 Å². The standard InChI is InChI=1S/C31H32N2O3S/c1-4-9-22-19-23(20-27-25-10-7-8-11-26(25)30(34)33(22)27)32(18-5-2)31(35)29-17-16-28(37-29)21-12-14-24(15-13-21)36-6-3/h4-5,7-17,22-23,27H,2,6,18-20H2,1,3H3/t22-,23?,27+/m1/s1. The molecule has 190 valence electrons. The molecular weight excluding hydrogens is 480 g/mol. The molecule has 37 heavy (non-hydrogen) atoms. The van der Waals surface area contributed by atoms with Crippen LogP contribution in [0.5, 0.6) is 5.75 Å². The number of amides is 2. The van der Waals surface area contributed by atoms with Crippen LogP contribution in [0, 0.1) is 0 Å². The molecule has 3 atom stereocenters. The Kier molecular flexibility index (Phi) is 7.28. The lowest BCUT2D eigenvalue weighted by Crippen LogP contribution is -2.51. The highest BCUT2D eigenvalue weighted by atomic mass is 32.1. The number of hydrogen-bond acceptors (Lipinski definition) is 4. The zero-order valence-electron chi connectivity index (χ0n) is 21.3. The molecular formula is C31H32N2O3S. The first-order chi connectivity index (χ1) is 18.0. The molecule has 3 aromatic rings. The zero-order valence-corrected chi connectivity index (χ0v) is 22.1. The normalized spacial score (nSPS) is 20.5. The van der Waals surface area contributed by atoms with Crippen molar-refractivity contribution >= 4 is 23.2 Å². The molecule has 0 saturated carbocycles. The lowest BCUT2D eigenvalue weighted by molar-refractivity contribution is 0.0350. The summed E-state index contributed by atoms with van der Waals surface area (Å²) >= 11 is 1.51. The van der Waals surface area contributed by atoms with Gasteiger partial charge in [-0.15, -0.1) is 17.9 Å². The maximum atomic E-state index is 13.9. The van der Waals surface area contributed by atoms with Gasteiger partial charge in [0.25, 0.3) is 11.8 Å². The van der Waals surface area contributed by atoms with Crippen molar-refractivity contribution in [1.82, 2.24) is 9.80 Å². The number of fused-ring (bicyclic) bond motifs is 3. The molecule has 2 aliphatic rings. The van der Waals surface area contributed by atoms with E-state index in [2.05, 4.69) is 18.7 Å². The van der Waals surface area contributed by atoms with E-state index in [1.165, 1.54) is 11.3 Å². The minimum Gasteiger partial charge on any atom is -0.494 e. The smallest absolute Gasteiger partial charge is 0.264 e. The lowest BCUT2D eigenvalue weighted by atomic mass is 9.88. The van der Waals surface area contributed by atoms with Crippen molar-refractivity contribution in [3.8, 4) is 16.2 Å². The SMILES string of the molecule is C=CCN(C(=O)c1ccc(-c2ccc(OCC)cc2)s1)C1C[C@@H](C=CC)N2C(=O)c3ccccc3[C@@H]2C1. The fourth-order valence-electron chi connectivity index (χ4n) is 5.60. The summed E-state index contributed by atoms with van der Waals surface area (Å²) < 4.78 is 5.55. The predicted molar refractivity (Wildman–Crippen MR) is 149 cm³/mol. The molecule has 0 N–H and O–H groups in total. The van der Waals surface area contributed by atoms with Gasteiger partial charge in [-0.1, -0.05) is 36.4 Å². The molecule has 0 radical (unpaired) electrons. The number of carbonyl (C=O) groups is 2. The van der Waals surface area contributed by atoms with Gasteiger partial charge in [0, 0.05) is 23.0 Å². The van der Waals surface area contributed by atoms with Crippen molar-refractivity contribution < 1.29 is 14.3 Å². The Morgan fingerprint density at radius 2 is 1.92 bits per heavy atom.